The number of nitrogens with zero attached hydrogens (tertiary/aromatic N) is 2. The number of hydrogen-bond donors (Lipinski definition) is 0. The van der Waals surface area contributed by atoms with Gasteiger partial charge in [-0.15, -0.1) is 0 Å². The van der Waals surface area contributed by atoms with E-state index in [0.29, 0.717) is 0 Å². The topological polar surface area (TPSA) is 23.6 Å². The van der Waals surface area contributed by atoms with E-state index in [1.54, 1.807) is 4.90 Å². The predicted octanol–water partition coefficient (Wildman–Crippen LogP) is 1.13. The van der Waals surface area contributed by atoms with Gasteiger partial charge < -0.3 is 4.90 Å². The smallest absolute Gasteiger partial charge is 0.244 e. The monoisotopic (exact) mass is 204 g/mol. The second-order valence-corrected chi connectivity index (χ2v) is 4.05. The molecule has 1 atom stereocenters. The summed E-state index contributed by atoms with van der Waals surface area (Å²) in [5.41, 5.74) is 1.08. The van der Waals surface area contributed by atoms with Crippen LogP contribution in [0.15, 0.2) is 30.3 Å². The van der Waals surface area contributed by atoms with Gasteiger partial charge in [0.25, 0.3) is 0 Å². The number of rotatable bonds is 1. The van der Waals surface area contributed by atoms with Crippen molar-refractivity contribution < 1.29 is 4.79 Å². The lowest BCUT2D eigenvalue weighted by Crippen LogP contribution is -2.48. The molecule has 1 amide bonds. The highest BCUT2D eigenvalue weighted by atomic mass is 16.2. The van der Waals surface area contributed by atoms with E-state index in [-0.39, 0.29) is 11.9 Å². The lowest BCUT2D eigenvalue weighted by atomic mass is 10.0. The van der Waals surface area contributed by atoms with Crippen molar-refractivity contribution in [3.63, 3.8) is 0 Å². The Hall–Kier alpha value is -1.35. The van der Waals surface area contributed by atoms with E-state index < -0.39 is 0 Å². The molecule has 0 bridgehead atoms. The average molecular weight is 204 g/mol. The summed E-state index contributed by atoms with van der Waals surface area (Å²) in [6, 6.07) is 9.84. The van der Waals surface area contributed by atoms with Crippen LogP contribution in [0.2, 0.25) is 0 Å². The van der Waals surface area contributed by atoms with Gasteiger partial charge >= 0.3 is 0 Å². The number of benzene rings is 1. The van der Waals surface area contributed by atoms with Crippen molar-refractivity contribution in [3.05, 3.63) is 35.9 Å². The Morgan fingerprint density at radius 1 is 1.13 bits per heavy atom. The zero-order valence-corrected chi connectivity index (χ0v) is 9.18. The van der Waals surface area contributed by atoms with Gasteiger partial charge in [0.05, 0.1) is 0 Å². The Bertz CT molecular complexity index is 350. The zero-order chi connectivity index (χ0) is 10.8. The predicted molar refractivity (Wildman–Crippen MR) is 59.5 cm³/mol. The van der Waals surface area contributed by atoms with Gasteiger partial charge in [0.1, 0.15) is 6.04 Å². The van der Waals surface area contributed by atoms with Gasteiger partial charge in [-0.05, 0) is 12.6 Å². The van der Waals surface area contributed by atoms with Crippen LogP contribution in [0.4, 0.5) is 0 Å². The highest BCUT2D eigenvalue weighted by Gasteiger charge is 2.31. The van der Waals surface area contributed by atoms with E-state index in [1.807, 2.05) is 44.4 Å². The molecule has 0 saturated carbocycles. The average Bonchev–Trinajstić information content (AvgIpc) is 2.26. The molecule has 1 heterocycles. The van der Waals surface area contributed by atoms with Gasteiger partial charge in [0.15, 0.2) is 0 Å². The first-order valence-electron chi connectivity index (χ1n) is 5.20. The quantitative estimate of drug-likeness (QED) is 0.684. The van der Waals surface area contributed by atoms with Crippen LogP contribution < -0.4 is 0 Å². The SMILES string of the molecule is CN1CCN(C)C(c2ccccc2)C1=O. The summed E-state index contributed by atoms with van der Waals surface area (Å²) < 4.78 is 0. The Labute approximate surface area is 90.3 Å². The van der Waals surface area contributed by atoms with Gasteiger partial charge in [-0.25, -0.2) is 0 Å². The minimum absolute atomic E-state index is 0.107. The lowest BCUT2D eigenvalue weighted by molar-refractivity contribution is -0.139. The summed E-state index contributed by atoms with van der Waals surface area (Å²) in [5.74, 6) is 0.190. The molecule has 1 aromatic rings. The minimum Gasteiger partial charge on any atom is -0.343 e. The van der Waals surface area contributed by atoms with Crippen molar-refractivity contribution >= 4 is 5.91 Å². The molecule has 1 unspecified atom stereocenters. The number of carbonyl (C=O) groups is 1. The first kappa shape index (κ1) is 10.2. The van der Waals surface area contributed by atoms with Crippen LogP contribution in [0.1, 0.15) is 11.6 Å². The summed E-state index contributed by atoms with van der Waals surface area (Å²) in [6.45, 7) is 1.75. The van der Waals surface area contributed by atoms with Crippen molar-refractivity contribution in [2.45, 2.75) is 6.04 Å². The van der Waals surface area contributed by atoms with Gasteiger partial charge in [-0.2, -0.15) is 0 Å². The van der Waals surface area contributed by atoms with Crippen LogP contribution in [0, 0.1) is 0 Å². The van der Waals surface area contributed by atoms with Crippen molar-refractivity contribution in [2.75, 3.05) is 27.2 Å². The van der Waals surface area contributed by atoms with Gasteiger partial charge in [-0.1, -0.05) is 30.3 Å². The Morgan fingerprint density at radius 2 is 1.80 bits per heavy atom. The Kier molecular flexibility index (Phi) is 2.73. The first-order valence-corrected chi connectivity index (χ1v) is 5.20. The molecule has 1 aromatic carbocycles. The standard InChI is InChI=1S/C12H16N2O/c1-13-8-9-14(2)12(15)11(13)10-6-4-3-5-7-10/h3-7,11H,8-9H2,1-2H3. The molecular weight excluding hydrogens is 188 g/mol. The summed E-state index contributed by atoms with van der Waals surface area (Å²) in [6.07, 6.45) is 0. The molecule has 1 saturated heterocycles. The lowest BCUT2D eigenvalue weighted by Gasteiger charge is -2.36. The third kappa shape index (κ3) is 1.88. The van der Waals surface area contributed by atoms with E-state index in [2.05, 4.69) is 4.90 Å². The fourth-order valence-corrected chi connectivity index (χ4v) is 1.98. The summed E-state index contributed by atoms with van der Waals surface area (Å²) in [4.78, 5) is 15.9. The molecule has 0 N–H and O–H groups in total. The molecular formula is C12H16N2O. The van der Waals surface area contributed by atoms with E-state index in [4.69, 9.17) is 0 Å². The first-order chi connectivity index (χ1) is 7.20. The summed E-state index contributed by atoms with van der Waals surface area (Å²) in [5, 5.41) is 0. The van der Waals surface area contributed by atoms with Gasteiger partial charge in [0, 0.05) is 20.1 Å². The molecule has 15 heavy (non-hydrogen) atoms. The fourth-order valence-electron chi connectivity index (χ4n) is 1.98. The van der Waals surface area contributed by atoms with Gasteiger partial charge in [-0.3, -0.25) is 9.69 Å². The number of amides is 1. The molecule has 1 fully saturated rings. The van der Waals surface area contributed by atoms with Gasteiger partial charge in [0.2, 0.25) is 5.91 Å². The maximum absolute atomic E-state index is 12.0. The number of carbonyl (C=O) groups excluding carboxylic acids is 1. The highest BCUT2D eigenvalue weighted by Crippen LogP contribution is 2.23. The second kappa shape index (κ2) is 4.03. The van der Waals surface area contributed by atoms with Crippen molar-refractivity contribution in [3.8, 4) is 0 Å². The summed E-state index contributed by atoms with van der Waals surface area (Å²) >= 11 is 0. The summed E-state index contributed by atoms with van der Waals surface area (Å²) in [7, 11) is 3.87. The molecule has 0 aliphatic carbocycles. The molecule has 3 nitrogen and oxygen atoms in total. The molecule has 0 aromatic heterocycles. The molecule has 2 rings (SSSR count). The number of likely N-dealkylation sites (N-methyl/N-ethyl adjacent to an activating group) is 2. The zero-order valence-electron chi connectivity index (χ0n) is 9.18. The highest BCUT2D eigenvalue weighted by molar-refractivity contribution is 5.83. The molecule has 3 heteroatoms. The minimum atomic E-state index is -0.107. The van der Waals surface area contributed by atoms with Crippen LogP contribution in [0.3, 0.4) is 0 Å². The molecule has 1 aliphatic heterocycles. The largest absolute Gasteiger partial charge is 0.343 e. The number of hydrogen-bond acceptors (Lipinski definition) is 2. The number of piperazine rings is 1. The van der Waals surface area contributed by atoms with Crippen molar-refractivity contribution in [1.29, 1.82) is 0 Å². The third-order valence-corrected chi connectivity index (χ3v) is 2.95. The maximum Gasteiger partial charge on any atom is 0.244 e. The van der Waals surface area contributed by atoms with Crippen LogP contribution in [0.25, 0.3) is 0 Å². The Morgan fingerprint density at radius 3 is 2.47 bits per heavy atom. The fraction of sp³-hybridized carbons (Fsp3) is 0.417. The second-order valence-electron chi connectivity index (χ2n) is 4.05. The molecule has 0 spiro atoms. The van der Waals surface area contributed by atoms with E-state index >= 15 is 0 Å². The van der Waals surface area contributed by atoms with Crippen LogP contribution in [-0.2, 0) is 4.79 Å². The van der Waals surface area contributed by atoms with Crippen LogP contribution in [0.5, 0.6) is 0 Å². The normalized spacial score (nSPS) is 23.2. The maximum atomic E-state index is 12.0. The van der Waals surface area contributed by atoms with E-state index in [0.717, 1.165) is 18.7 Å². The van der Waals surface area contributed by atoms with E-state index in [1.165, 1.54) is 0 Å². The van der Waals surface area contributed by atoms with Crippen LogP contribution in [-0.4, -0.2) is 42.9 Å². The van der Waals surface area contributed by atoms with Crippen LogP contribution >= 0.6 is 0 Å². The van der Waals surface area contributed by atoms with E-state index in [9.17, 15) is 4.79 Å². The van der Waals surface area contributed by atoms with Crippen molar-refractivity contribution in [2.24, 2.45) is 0 Å². The molecule has 80 valence electrons. The molecule has 1 aliphatic rings. The Balaban J connectivity index is 2.30. The van der Waals surface area contributed by atoms with Crippen molar-refractivity contribution in [1.82, 2.24) is 9.80 Å². The third-order valence-electron chi connectivity index (χ3n) is 2.95. The molecule has 0 radical (unpaired) electrons.